The predicted octanol–water partition coefficient (Wildman–Crippen LogP) is 4.47. The number of ether oxygens (including phenoxy) is 1. The fourth-order valence-electron chi connectivity index (χ4n) is 2.88. The molecule has 1 fully saturated rings. The first-order valence-corrected chi connectivity index (χ1v) is 8.52. The summed E-state index contributed by atoms with van der Waals surface area (Å²) in [6.07, 6.45) is 5.22. The molecule has 0 atom stereocenters. The third-order valence-electron chi connectivity index (χ3n) is 4.33. The molecule has 3 rings (SSSR count). The minimum Gasteiger partial charge on any atom is -0.377 e. The molecule has 0 amide bonds. The van der Waals surface area contributed by atoms with Crippen molar-refractivity contribution in [3.63, 3.8) is 0 Å². The second-order valence-corrected chi connectivity index (χ2v) is 6.92. The third kappa shape index (κ3) is 3.28. The fourth-order valence-corrected chi connectivity index (χ4v) is 4.11. The number of benzene rings is 1. The first kappa shape index (κ1) is 14.9. The molecular weight excluding hydrogens is 285 g/mol. The molecule has 114 valence electrons. The van der Waals surface area contributed by atoms with Crippen LogP contribution >= 0.6 is 11.3 Å². The first-order chi connectivity index (χ1) is 10.3. The number of hydrogen-bond donors (Lipinski definition) is 1. The number of fused-ring (bicyclic) bond motifs is 1. The van der Waals surface area contributed by atoms with Crippen LogP contribution in [-0.2, 0) is 17.9 Å². The molecule has 0 bridgehead atoms. The molecule has 0 saturated heterocycles. The van der Waals surface area contributed by atoms with Crippen molar-refractivity contribution < 1.29 is 9.13 Å². The Balaban J connectivity index is 1.72. The molecule has 1 aromatic heterocycles. The van der Waals surface area contributed by atoms with Gasteiger partial charge in [0.2, 0.25) is 0 Å². The minimum absolute atomic E-state index is 0.135. The van der Waals surface area contributed by atoms with E-state index in [4.69, 9.17) is 4.74 Å². The van der Waals surface area contributed by atoms with Gasteiger partial charge in [-0.3, -0.25) is 0 Å². The molecule has 0 unspecified atom stereocenters. The Morgan fingerprint density at radius 3 is 2.95 bits per heavy atom. The summed E-state index contributed by atoms with van der Waals surface area (Å²) in [5.41, 5.74) is 1.02. The van der Waals surface area contributed by atoms with Crippen LogP contribution in [0.25, 0.3) is 10.1 Å². The van der Waals surface area contributed by atoms with Crippen LogP contribution in [0.2, 0.25) is 0 Å². The van der Waals surface area contributed by atoms with Crippen molar-refractivity contribution in [2.45, 2.75) is 38.8 Å². The predicted molar refractivity (Wildman–Crippen MR) is 86.2 cm³/mol. The average molecular weight is 307 g/mol. The zero-order valence-corrected chi connectivity index (χ0v) is 13.3. The van der Waals surface area contributed by atoms with E-state index in [1.165, 1.54) is 30.2 Å². The van der Waals surface area contributed by atoms with E-state index in [0.717, 1.165) is 41.1 Å². The number of rotatable bonds is 7. The van der Waals surface area contributed by atoms with Gasteiger partial charge in [0.05, 0.1) is 6.61 Å². The van der Waals surface area contributed by atoms with Gasteiger partial charge < -0.3 is 10.1 Å². The van der Waals surface area contributed by atoms with Crippen LogP contribution in [0.1, 0.15) is 36.1 Å². The molecular formula is C17H22FNOS. The van der Waals surface area contributed by atoms with Crippen LogP contribution in [0.4, 0.5) is 4.39 Å². The number of halogens is 1. The fraction of sp³-hybridized carbons (Fsp3) is 0.529. The van der Waals surface area contributed by atoms with E-state index in [1.54, 1.807) is 17.4 Å². The molecule has 0 radical (unpaired) electrons. The number of thiophene rings is 1. The number of nitrogens with one attached hydrogen (secondary N) is 1. The molecule has 1 aromatic carbocycles. The monoisotopic (exact) mass is 307 g/mol. The van der Waals surface area contributed by atoms with Gasteiger partial charge >= 0.3 is 0 Å². The van der Waals surface area contributed by atoms with Crippen LogP contribution in [0.5, 0.6) is 0 Å². The van der Waals surface area contributed by atoms with Gasteiger partial charge in [0, 0.05) is 33.7 Å². The summed E-state index contributed by atoms with van der Waals surface area (Å²) in [7, 11) is 1.92. The van der Waals surface area contributed by atoms with Gasteiger partial charge in [-0.25, -0.2) is 4.39 Å². The summed E-state index contributed by atoms with van der Waals surface area (Å²) >= 11 is 1.66. The molecule has 2 aromatic rings. The smallest absolute Gasteiger partial charge is 0.132 e. The van der Waals surface area contributed by atoms with E-state index in [9.17, 15) is 4.39 Å². The van der Waals surface area contributed by atoms with Crippen LogP contribution in [-0.4, -0.2) is 13.7 Å². The van der Waals surface area contributed by atoms with Crippen molar-refractivity contribution in [2.75, 3.05) is 13.7 Å². The molecule has 1 aliphatic carbocycles. The van der Waals surface area contributed by atoms with Crippen LogP contribution in [0, 0.1) is 11.7 Å². The summed E-state index contributed by atoms with van der Waals surface area (Å²) in [5.74, 6) is 0.724. The Morgan fingerprint density at radius 2 is 2.24 bits per heavy atom. The van der Waals surface area contributed by atoms with Crippen LogP contribution in [0.3, 0.4) is 0 Å². The SMILES string of the molecule is CNCc1sc2cccc(F)c2c1COCCC1CCC1. The maximum atomic E-state index is 14.1. The van der Waals surface area contributed by atoms with Gasteiger partial charge in [0.25, 0.3) is 0 Å². The topological polar surface area (TPSA) is 21.3 Å². The highest BCUT2D eigenvalue weighted by molar-refractivity contribution is 7.19. The second-order valence-electron chi connectivity index (χ2n) is 5.79. The van der Waals surface area contributed by atoms with Crippen molar-refractivity contribution in [3.05, 3.63) is 34.5 Å². The lowest BCUT2D eigenvalue weighted by atomic mass is 9.83. The normalized spacial score (nSPS) is 15.5. The molecule has 4 heteroatoms. The highest BCUT2D eigenvalue weighted by atomic mass is 32.1. The van der Waals surface area contributed by atoms with Crippen molar-refractivity contribution in [3.8, 4) is 0 Å². The van der Waals surface area contributed by atoms with Gasteiger partial charge in [0.1, 0.15) is 5.82 Å². The number of hydrogen-bond acceptors (Lipinski definition) is 3. The summed E-state index contributed by atoms with van der Waals surface area (Å²) in [6, 6.07) is 5.30. The van der Waals surface area contributed by atoms with Gasteiger partial charge in [-0.2, -0.15) is 0 Å². The van der Waals surface area contributed by atoms with Crippen molar-refractivity contribution >= 4 is 21.4 Å². The van der Waals surface area contributed by atoms with E-state index in [2.05, 4.69) is 5.32 Å². The third-order valence-corrected chi connectivity index (χ3v) is 5.52. The minimum atomic E-state index is -0.135. The zero-order valence-electron chi connectivity index (χ0n) is 12.5. The van der Waals surface area contributed by atoms with E-state index in [1.807, 2.05) is 13.1 Å². The summed E-state index contributed by atoms with van der Waals surface area (Å²) < 4.78 is 21.0. The van der Waals surface area contributed by atoms with Crippen molar-refractivity contribution in [2.24, 2.45) is 5.92 Å². The van der Waals surface area contributed by atoms with E-state index in [-0.39, 0.29) is 5.82 Å². The molecule has 0 spiro atoms. The molecule has 1 heterocycles. The van der Waals surface area contributed by atoms with E-state index >= 15 is 0 Å². The molecule has 21 heavy (non-hydrogen) atoms. The summed E-state index contributed by atoms with van der Waals surface area (Å²) in [4.78, 5) is 1.18. The standard InChI is InChI=1S/C17H22FNOS/c1-19-10-16-13(11-20-9-8-12-4-2-5-12)17-14(18)6-3-7-15(17)21-16/h3,6-7,12,19H,2,4-5,8-11H2,1H3. The van der Waals surface area contributed by atoms with E-state index < -0.39 is 0 Å². The highest BCUT2D eigenvalue weighted by Crippen LogP contribution is 2.34. The van der Waals surface area contributed by atoms with Gasteiger partial charge in [0.15, 0.2) is 0 Å². The second kappa shape index (κ2) is 6.86. The van der Waals surface area contributed by atoms with Crippen molar-refractivity contribution in [1.29, 1.82) is 0 Å². The Labute approximate surface area is 129 Å². The quantitative estimate of drug-likeness (QED) is 0.762. The lowest BCUT2D eigenvalue weighted by Crippen LogP contribution is -2.13. The van der Waals surface area contributed by atoms with Gasteiger partial charge in [-0.1, -0.05) is 25.3 Å². The lowest BCUT2D eigenvalue weighted by molar-refractivity contribution is 0.0953. The van der Waals surface area contributed by atoms with E-state index in [0.29, 0.717) is 6.61 Å². The summed E-state index contributed by atoms with van der Waals surface area (Å²) in [6.45, 7) is 2.07. The Kier molecular flexibility index (Phi) is 4.88. The lowest BCUT2D eigenvalue weighted by Gasteiger charge is -2.24. The van der Waals surface area contributed by atoms with Crippen molar-refractivity contribution in [1.82, 2.24) is 5.32 Å². The summed E-state index contributed by atoms with van der Waals surface area (Å²) in [5, 5.41) is 3.91. The largest absolute Gasteiger partial charge is 0.377 e. The Morgan fingerprint density at radius 1 is 1.38 bits per heavy atom. The van der Waals surface area contributed by atoms with Gasteiger partial charge in [-0.05, 0) is 31.5 Å². The maximum Gasteiger partial charge on any atom is 0.132 e. The zero-order chi connectivity index (χ0) is 14.7. The Hall–Kier alpha value is -0.970. The van der Waals surface area contributed by atoms with Gasteiger partial charge in [-0.15, -0.1) is 11.3 Å². The molecule has 1 N–H and O–H groups in total. The molecule has 2 nitrogen and oxygen atoms in total. The average Bonchev–Trinajstić information content (AvgIpc) is 2.76. The molecule has 0 aliphatic heterocycles. The first-order valence-electron chi connectivity index (χ1n) is 7.70. The van der Waals surface area contributed by atoms with Crippen LogP contribution in [0.15, 0.2) is 18.2 Å². The molecule has 1 aliphatic rings. The van der Waals surface area contributed by atoms with Crippen LogP contribution < -0.4 is 5.32 Å². The Bertz CT molecular complexity index is 606. The molecule has 1 saturated carbocycles. The highest BCUT2D eigenvalue weighted by Gasteiger charge is 2.18. The maximum absolute atomic E-state index is 14.1.